The number of carbonyl (C=O) groups excluding carboxylic acids is 2. The predicted molar refractivity (Wildman–Crippen MR) is 171 cm³/mol. The number of nitrogens with two attached hydrogens (primary N) is 1. The summed E-state index contributed by atoms with van der Waals surface area (Å²) in [6.45, 7) is 2.84. The van der Waals surface area contributed by atoms with Gasteiger partial charge in [0.25, 0.3) is 0 Å². The number of hydrogen-bond acceptors (Lipinski definition) is 6. The van der Waals surface area contributed by atoms with Crippen molar-refractivity contribution >= 4 is 11.9 Å². The van der Waals surface area contributed by atoms with E-state index in [-0.39, 0.29) is 42.5 Å². The van der Waals surface area contributed by atoms with Gasteiger partial charge in [-0.15, -0.1) is 0 Å². The third kappa shape index (κ3) is 6.90. The smallest absolute Gasteiger partial charge is 0.332 e. The standard InChI is InChI=1S/C33H36F3N9O3/c1-21-29(27-12-14-40-44(27)25-10-8-22(20-37)9-11-25)43(32(48)42(21)26-7-5-6-24(19-26)33(34,35)36)30(46)23-13-16-41(28(38)18-23)31(47)39-15-17-45(2,3)4/h5-12,14,19,23,28H,13,15-18,38H2,1-4H3/p+1. The Morgan fingerprint density at radius 2 is 1.81 bits per heavy atom. The van der Waals surface area contributed by atoms with Crippen LogP contribution in [-0.2, 0) is 6.18 Å². The molecular weight excluding hydrogens is 627 g/mol. The Bertz CT molecular complexity index is 1930. The summed E-state index contributed by atoms with van der Waals surface area (Å²) in [5.41, 5.74) is 6.13. The lowest BCUT2D eigenvalue weighted by atomic mass is 9.93. The van der Waals surface area contributed by atoms with Crippen molar-refractivity contribution in [3.05, 3.63) is 88.1 Å². The zero-order chi connectivity index (χ0) is 35.0. The maximum Gasteiger partial charge on any atom is 0.416 e. The number of benzene rings is 2. The lowest BCUT2D eigenvalue weighted by molar-refractivity contribution is -0.869. The van der Waals surface area contributed by atoms with Crippen molar-refractivity contribution < 1.29 is 27.2 Å². The average Bonchev–Trinajstić information content (AvgIpc) is 3.61. The Kier molecular flexibility index (Phi) is 9.34. The van der Waals surface area contributed by atoms with Gasteiger partial charge in [-0.25, -0.2) is 18.8 Å². The second kappa shape index (κ2) is 13.1. The molecule has 12 nitrogen and oxygen atoms in total. The van der Waals surface area contributed by atoms with Gasteiger partial charge in [0.15, 0.2) is 0 Å². The van der Waals surface area contributed by atoms with E-state index >= 15 is 0 Å². The summed E-state index contributed by atoms with van der Waals surface area (Å²) in [6.07, 6.45) is -3.73. The Morgan fingerprint density at radius 1 is 1.10 bits per heavy atom. The fourth-order valence-corrected chi connectivity index (χ4v) is 5.86. The van der Waals surface area contributed by atoms with E-state index < -0.39 is 35.4 Å². The Balaban J connectivity index is 1.56. The summed E-state index contributed by atoms with van der Waals surface area (Å²) in [7, 11) is 6.01. The zero-order valence-corrected chi connectivity index (χ0v) is 27.0. The molecule has 252 valence electrons. The van der Waals surface area contributed by atoms with E-state index in [9.17, 15) is 32.8 Å². The zero-order valence-electron chi connectivity index (χ0n) is 27.0. The van der Waals surface area contributed by atoms with E-state index in [2.05, 4.69) is 10.4 Å². The third-order valence-corrected chi connectivity index (χ3v) is 8.38. The number of likely N-dealkylation sites (tertiary alicyclic amines) is 1. The molecule has 3 heterocycles. The monoisotopic (exact) mass is 664 g/mol. The number of nitrogens with zero attached hydrogens (tertiary/aromatic N) is 7. The number of aromatic nitrogens is 4. The predicted octanol–water partition coefficient (Wildman–Crippen LogP) is 3.74. The minimum atomic E-state index is -4.66. The van der Waals surface area contributed by atoms with Gasteiger partial charge in [0, 0.05) is 12.5 Å². The summed E-state index contributed by atoms with van der Waals surface area (Å²) in [6, 6.07) is 14.1. The van der Waals surface area contributed by atoms with Gasteiger partial charge in [0.1, 0.15) is 0 Å². The fraction of sp³-hybridized carbons (Fsp3) is 0.364. The van der Waals surface area contributed by atoms with Crippen LogP contribution in [-0.4, -0.2) is 87.2 Å². The number of nitrogens with one attached hydrogen (secondary N) is 1. The largest absolute Gasteiger partial charge is 0.416 e. The van der Waals surface area contributed by atoms with Crippen molar-refractivity contribution in [2.45, 2.75) is 32.1 Å². The Hall–Kier alpha value is -5.20. The van der Waals surface area contributed by atoms with E-state index in [0.717, 1.165) is 21.3 Å². The van der Waals surface area contributed by atoms with Crippen LogP contribution in [0.5, 0.6) is 0 Å². The molecule has 2 amide bonds. The van der Waals surface area contributed by atoms with Gasteiger partial charge < -0.3 is 20.4 Å². The number of quaternary nitrogens is 1. The van der Waals surface area contributed by atoms with Gasteiger partial charge in [0.2, 0.25) is 5.91 Å². The molecule has 5 rings (SSSR count). The van der Waals surface area contributed by atoms with Crippen molar-refractivity contribution in [1.82, 2.24) is 29.1 Å². The van der Waals surface area contributed by atoms with Crippen molar-refractivity contribution in [3.8, 4) is 28.8 Å². The fourth-order valence-electron chi connectivity index (χ4n) is 5.86. The quantitative estimate of drug-likeness (QED) is 0.288. The Labute approximate surface area is 275 Å². The molecule has 0 aliphatic carbocycles. The van der Waals surface area contributed by atoms with Gasteiger partial charge >= 0.3 is 17.9 Å². The molecule has 2 aromatic carbocycles. The average molecular weight is 665 g/mol. The van der Waals surface area contributed by atoms with Gasteiger partial charge in [0.05, 0.1) is 92.2 Å². The van der Waals surface area contributed by atoms with Gasteiger partial charge in [-0.1, -0.05) is 6.07 Å². The van der Waals surface area contributed by atoms with Gasteiger partial charge in [-0.3, -0.25) is 9.36 Å². The number of carbonyl (C=O) groups is 2. The minimum absolute atomic E-state index is 0.0656. The molecule has 4 aromatic rings. The van der Waals surface area contributed by atoms with Crippen LogP contribution in [0.4, 0.5) is 18.0 Å². The Morgan fingerprint density at radius 3 is 2.44 bits per heavy atom. The van der Waals surface area contributed by atoms with Gasteiger partial charge in [-0.05, 0) is 68.3 Å². The van der Waals surface area contributed by atoms with E-state index in [1.807, 2.05) is 27.2 Å². The first kappa shape index (κ1) is 34.1. The second-order valence-electron chi connectivity index (χ2n) is 12.8. The number of piperidine rings is 1. The molecular formula is C33H37F3N9O3+. The van der Waals surface area contributed by atoms with Crippen LogP contribution >= 0.6 is 0 Å². The molecule has 1 saturated heterocycles. The van der Waals surface area contributed by atoms with Crippen LogP contribution in [0, 0.1) is 24.2 Å². The number of likely N-dealkylation sites (N-methyl/N-ethyl adjacent to an activating group) is 1. The number of imidazole rings is 1. The number of hydrogen-bond donors (Lipinski definition) is 2. The maximum atomic E-state index is 14.3. The van der Waals surface area contributed by atoms with Crippen LogP contribution in [0.2, 0.25) is 0 Å². The van der Waals surface area contributed by atoms with Crippen molar-refractivity contribution in [3.63, 3.8) is 0 Å². The number of urea groups is 1. The number of rotatable bonds is 7. The van der Waals surface area contributed by atoms with E-state index in [1.54, 1.807) is 37.3 Å². The molecule has 2 aromatic heterocycles. The molecule has 1 aliphatic rings. The SMILES string of the molecule is Cc1c(-c2ccnn2-c2ccc(C#N)cc2)n(C(=O)C2CCN(C(=O)NCC[N+](C)(C)C)C(N)C2)c(=O)n1-c1cccc(C(F)(F)F)c1. The molecule has 0 saturated carbocycles. The molecule has 0 spiro atoms. The molecule has 1 aliphatic heterocycles. The second-order valence-corrected chi connectivity index (χ2v) is 12.8. The van der Waals surface area contributed by atoms with Crippen molar-refractivity contribution in [2.24, 2.45) is 11.7 Å². The molecule has 1 fully saturated rings. The summed E-state index contributed by atoms with van der Waals surface area (Å²) < 4.78 is 45.2. The lowest BCUT2D eigenvalue weighted by Crippen LogP contribution is -2.56. The van der Waals surface area contributed by atoms with Crippen LogP contribution in [0.15, 0.2) is 65.6 Å². The topological polar surface area (TPSA) is 144 Å². The highest BCUT2D eigenvalue weighted by Gasteiger charge is 2.37. The van der Waals surface area contributed by atoms with Crippen LogP contribution in [0.1, 0.15) is 34.5 Å². The number of nitriles is 1. The molecule has 0 radical (unpaired) electrons. The van der Waals surface area contributed by atoms with E-state index in [0.29, 0.717) is 34.5 Å². The van der Waals surface area contributed by atoms with Gasteiger partial charge in [-0.2, -0.15) is 23.5 Å². The first-order chi connectivity index (χ1) is 22.6. The first-order valence-corrected chi connectivity index (χ1v) is 15.3. The summed E-state index contributed by atoms with van der Waals surface area (Å²) in [4.78, 5) is 42.9. The van der Waals surface area contributed by atoms with Crippen molar-refractivity contribution in [1.29, 1.82) is 5.26 Å². The molecule has 0 bridgehead atoms. The molecule has 15 heteroatoms. The minimum Gasteiger partial charge on any atom is -0.332 e. The summed E-state index contributed by atoms with van der Waals surface area (Å²) >= 11 is 0. The van der Waals surface area contributed by atoms with E-state index in [4.69, 9.17) is 5.73 Å². The highest BCUT2D eigenvalue weighted by Crippen LogP contribution is 2.33. The van der Waals surface area contributed by atoms with Crippen LogP contribution < -0.4 is 16.7 Å². The van der Waals surface area contributed by atoms with E-state index in [1.165, 1.54) is 27.9 Å². The van der Waals surface area contributed by atoms with Crippen molar-refractivity contribution in [2.75, 3.05) is 40.8 Å². The number of amides is 2. The van der Waals surface area contributed by atoms with Crippen LogP contribution in [0.25, 0.3) is 22.8 Å². The number of halogens is 3. The highest BCUT2D eigenvalue weighted by atomic mass is 19.4. The molecule has 2 atom stereocenters. The third-order valence-electron chi connectivity index (χ3n) is 8.38. The maximum absolute atomic E-state index is 14.3. The van der Waals surface area contributed by atoms with Crippen LogP contribution in [0.3, 0.4) is 0 Å². The molecule has 3 N–H and O–H groups in total. The summed E-state index contributed by atoms with van der Waals surface area (Å²) in [5.74, 6) is -1.37. The number of alkyl halides is 3. The lowest BCUT2D eigenvalue weighted by Gasteiger charge is -2.37. The molecule has 2 unspecified atom stereocenters. The summed E-state index contributed by atoms with van der Waals surface area (Å²) in [5, 5.41) is 16.5. The first-order valence-electron chi connectivity index (χ1n) is 15.3. The molecule has 48 heavy (non-hydrogen) atoms. The normalized spacial score (nSPS) is 16.9. The highest BCUT2D eigenvalue weighted by molar-refractivity contribution is 5.87.